The molecule has 0 saturated heterocycles. The van der Waals surface area contributed by atoms with Crippen molar-refractivity contribution in [1.29, 1.82) is 0 Å². The molecule has 1 N–H and O–H groups in total. The number of benzene rings is 1. The quantitative estimate of drug-likeness (QED) is 0.572. The molecule has 0 aliphatic rings. The molecule has 1 aromatic carbocycles. The zero-order chi connectivity index (χ0) is 17.1. The first-order valence-corrected chi connectivity index (χ1v) is 7.36. The molecule has 0 saturated carbocycles. The molecule has 0 aliphatic heterocycles. The number of nitrogens with one attached hydrogen (secondary N) is 1. The number of carbonyl (C=O) groups excluding carboxylic acids is 1. The van der Waals surface area contributed by atoms with Gasteiger partial charge in [-0.25, -0.2) is 9.78 Å². The van der Waals surface area contributed by atoms with Crippen LogP contribution in [0.25, 0.3) is 11.2 Å². The largest absolute Gasteiger partial charge is 0.497 e. The zero-order valence-electron chi connectivity index (χ0n) is 13.6. The van der Waals surface area contributed by atoms with Crippen LogP contribution in [0.2, 0.25) is 0 Å². The minimum Gasteiger partial charge on any atom is -0.497 e. The Bertz CT molecular complexity index is 871. The number of rotatable bonds is 5. The number of aromatic amines is 1. The van der Waals surface area contributed by atoms with Crippen molar-refractivity contribution >= 4 is 17.1 Å². The summed E-state index contributed by atoms with van der Waals surface area (Å²) in [7, 11) is 1.57. The SMILES string of the molecule is COc1ccc(OC(=O)COc2nc3nc(C)cc(C)c3[nH]2)cc1. The minimum atomic E-state index is -0.526. The number of hydrogen-bond donors (Lipinski definition) is 1. The van der Waals surface area contributed by atoms with Crippen LogP contribution in [0.5, 0.6) is 17.5 Å². The highest BCUT2D eigenvalue weighted by Crippen LogP contribution is 2.19. The summed E-state index contributed by atoms with van der Waals surface area (Å²) in [6.45, 7) is 3.59. The molecule has 0 bridgehead atoms. The van der Waals surface area contributed by atoms with Gasteiger partial charge in [0, 0.05) is 5.69 Å². The summed E-state index contributed by atoms with van der Waals surface area (Å²) in [6.07, 6.45) is 0. The van der Waals surface area contributed by atoms with Crippen LogP contribution in [0, 0.1) is 13.8 Å². The van der Waals surface area contributed by atoms with E-state index in [1.807, 2.05) is 19.9 Å². The second kappa shape index (κ2) is 6.57. The Kier molecular flexibility index (Phi) is 4.33. The van der Waals surface area contributed by atoms with Gasteiger partial charge >= 0.3 is 5.97 Å². The van der Waals surface area contributed by atoms with Crippen molar-refractivity contribution in [3.8, 4) is 17.5 Å². The highest BCUT2D eigenvalue weighted by Gasteiger charge is 2.11. The van der Waals surface area contributed by atoms with E-state index in [0.29, 0.717) is 17.1 Å². The van der Waals surface area contributed by atoms with Gasteiger partial charge < -0.3 is 19.2 Å². The highest BCUT2D eigenvalue weighted by atomic mass is 16.6. The molecule has 7 heteroatoms. The minimum absolute atomic E-state index is 0.234. The van der Waals surface area contributed by atoms with Gasteiger partial charge in [-0.2, -0.15) is 4.98 Å². The second-order valence-electron chi connectivity index (χ2n) is 5.26. The molecule has 0 aliphatic carbocycles. The third kappa shape index (κ3) is 3.45. The molecule has 0 atom stereocenters. The van der Waals surface area contributed by atoms with Gasteiger partial charge in [0.25, 0.3) is 6.01 Å². The van der Waals surface area contributed by atoms with Crippen molar-refractivity contribution in [3.05, 3.63) is 41.6 Å². The highest BCUT2D eigenvalue weighted by molar-refractivity contribution is 5.76. The number of carbonyl (C=O) groups is 1. The van der Waals surface area contributed by atoms with Crippen molar-refractivity contribution < 1.29 is 19.0 Å². The molecule has 3 rings (SSSR count). The Morgan fingerprint density at radius 3 is 2.54 bits per heavy atom. The third-order valence-corrected chi connectivity index (χ3v) is 3.38. The van der Waals surface area contributed by atoms with Crippen LogP contribution in [-0.2, 0) is 4.79 Å². The molecule has 0 spiro atoms. The van der Waals surface area contributed by atoms with Crippen molar-refractivity contribution in [1.82, 2.24) is 15.0 Å². The third-order valence-electron chi connectivity index (χ3n) is 3.38. The number of ether oxygens (including phenoxy) is 3. The first-order chi connectivity index (χ1) is 11.5. The Morgan fingerprint density at radius 2 is 1.83 bits per heavy atom. The van der Waals surface area contributed by atoms with Gasteiger partial charge in [0.2, 0.25) is 0 Å². The lowest BCUT2D eigenvalue weighted by atomic mass is 10.2. The lowest BCUT2D eigenvalue weighted by Gasteiger charge is -2.05. The Hall–Kier alpha value is -3.09. The number of aromatic nitrogens is 3. The summed E-state index contributed by atoms with van der Waals surface area (Å²) in [5, 5.41) is 0. The predicted octanol–water partition coefficient (Wildman–Crippen LogP) is 2.57. The van der Waals surface area contributed by atoms with Crippen molar-refractivity contribution in [3.63, 3.8) is 0 Å². The number of pyridine rings is 1. The summed E-state index contributed by atoms with van der Waals surface area (Å²) >= 11 is 0. The van der Waals surface area contributed by atoms with Gasteiger partial charge in [-0.05, 0) is 49.7 Å². The molecule has 2 heterocycles. The summed E-state index contributed by atoms with van der Waals surface area (Å²) < 4.78 is 15.6. The van der Waals surface area contributed by atoms with Gasteiger partial charge in [-0.15, -0.1) is 0 Å². The zero-order valence-corrected chi connectivity index (χ0v) is 13.6. The van der Waals surface area contributed by atoms with Gasteiger partial charge in [-0.1, -0.05) is 0 Å². The van der Waals surface area contributed by atoms with E-state index in [4.69, 9.17) is 14.2 Å². The van der Waals surface area contributed by atoms with E-state index in [2.05, 4.69) is 15.0 Å². The number of esters is 1. The lowest BCUT2D eigenvalue weighted by molar-refractivity contribution is -0.136. The van der Waals surface area contributed by atoms with Crippen LogP contribution in [0.4, 0.5) is 0 Å². The van der Waals surface area contributed by atoms with Gasteiger partial charge in [0.15, 0.2) is 12.3 Å². The maximum Gasteiger partial charge on any atom is 0.349 e. The smallest absolute Gasteiger partial charge is 0.349 e. The van der Waals surface area contributed by atoms with Gasteiger partial charge in [0.1, 0.15) is 11.5 Å². The second-order valence-corrected chi connectivity index (χ2v) is 5.26. The molecule has 2 aromatic heterocycles. The molecule has 3 aromatic rings. The van der Waals surface area contributed by atoms with E-state index < -0.39 is 5.97 Å². The number of fused-ring (bicyclic) bond motifs is 1. The number of H-pyrrole nitrogens is 1. The van der Waals surface area contributed by atoms with Crippen LogP contribution in [0.15, 0.2) is 30.3 Å². The van der Waals surface area contributed by atoms with Crippen LogP contribution in [-0.4, -0.2) is 34.6 Å². The predicted molar refractivity (Wildman–Crippen MR) is 87.5 cm³/mol. The number of aryl methyl sites for hydroxylation is 2. The van der Waals surface area contributed by atoms with Crippen LogP contribution in [0.1, 0.15) is 11.3 Å². The number of hydrogen-bond acceptors (Lipinski definition) is 6. The molecule has 0 fully saturated rings. The average molecular weight is 327 g/mol. The first kappa shape index (κ1) is 15.8. The fourth-order valence-electron chi connectivity index (χ4n) is 2.28. The standard InChI is InChI=1S/C17H17N3O4/c1-10-8-11(2)18-16-15(10)19-17(20-16)23-9-14(21)24-13-6-4-12(22-3)5-7-13/h4-8H,9H2,1-3H3,(H,18,19,20). The van der Waals surface area contributed by atoms with E-state index in [1.54, 1.807) is 31.4 Å². The molecule has 124 valence electrons. The monoisotopic (exact) mass is 327 g/mol. The summed E-state index contributed by atoms with van der Waals surface area (Å²) in [6, 6.07) is 8.89. The molecule has 7 nitrogen and oxygen atoms in total. The van der Waals surface area contributed by atoms with E-state index in [9.17, 15) is 4.79 Å². The Balaban J connectivity index is 1.62. The summed E-state index contributed by atoms with van der Waals surface area (Å²) in [4.78, 5) is 23.4. The molecule has 0 radical (unpaired) electrons. The van der Waals surface area contributed by atoms with Crippen LogP contribution < -0.4 is 14.2 Å². The van der Waals surface area contributed by atoms with Gasteiger partial charge in [0.05, 0.1) is 12.6 Å². The maximum absolute atomic E-state index is 11.8. The van der Waals surface area contributed by atoms with Crippen LogP contribution in [0.3, 0.4) is 0 Å². The Labute approximate surface area is 138 Å². The molecule has 24 heavy (non-hydrogen) atoms. The molecule has 0 amide bonds. The van der Waals surface area contributed by atoms with E-state index in [1.165, 1.54) is 0 Å². The topological polar surface area (TPSA) is 86.3 Å². The summed E-state index contributed by atoms with van der Waals surface area (Å²) in [5.74, 6) is 0.579. The maximum atomic E-state index is 11.8. The van der Waals surface area contributed by atoms with E-state index in [0.717, 1.165) is 16.8 Å². The number of methoxy groups -OCH3 is 1. The number of imidazole rings is 1. The Morgan fingerprint density at radius 1 is 1.12 bits per heavy atom. The number of nitrogens with zero attached hydrogens (tertiary/aromatic N) is 2. The van der Waals surface area contributed by atoms with E-state index in [-0.39, 0.29) is 12.6 Å². The molecule has 0 unspecified atom stereocenters. The first-order valence-electron chi connectivity index (χ1n) is 7.36. The van der Waals surface area contributed by atoms with Gasteiger partial charge in [-0.3, -0.25) is 0 Å². The van der Waals surface area contributed by atoms with Crippen molar-refractivity contribution in [2.75, 3.05) is 13.7 Å². The fraction of sp³-hybridized carbons (Fsp3) is 0.235. The van der Waals surface area contributed by atoms with Crippen molar-refractivity contribution in [2.24, 2.45) is 0 Å². The average Bonchev–Trinajstić information content (AvgIpc) is 2.97. The lowest BCUT2D eigenvalue weighted by Crippen LogP contribution is -2.18. The fourth-order valence-corrected chi connectivity index (χ4v) is 2.28. The van der Waals surface area contributed by atoms with Crippen LogP contribution >= 0.6 is 0 Å². The molecular formula is C17H17N3O4. The normalized spacial score (nSPS) is 10.6. The summed E-state index contributed by atoms with van der Waals surface area (Å²) in [5.41, 5.74) is 3.24. The van der Waals surface area contributed by atoms with E-state index >= 15 is 0 Å². The van der Waals surface area contributed by atoms with Crippen molar-refractivity contribution in [2.45, 2.75) is 13.8 Å². The molecular weight excluding hydrogens is 310 g/mol.